The number of aliphatic hydroxyl groups is 4. The second-order valence-corrected chi connectivity index (χ2v) is 8.31. The third kappa shape index (κ3) is 7.34. The molecule has 2 rings (SSSR count). The molecule has 2 heterocycles. The summed E-state index contributed by atoms with van der Waals surface area (Å²) in [4.78, 5) is 25.6. The summed E-state index contributed by atoms with van der Waals surface area (Å²) in [5, 5.41) is 41.6. The first-order chi connectivity index (χ1) is 15.3. The average molecular weight is 463 g/mol. The average Bonchev–Trinajstić information content (AvgIpc) is 3.18. The Hall–Kier alpha value is -1.34. The van der Waals surface area contributed by atoms with Gasteiger partial charge in [-0.15, -0.1) is 0 Å². The van der Waals surface area contributed by atoms with E-state index in [9.17, 15) is 30.0 Å². The fourth-order valence-electron chi connectivity index (χ4n) is 4.22. The smallest absolute Gasteiger partial charge is 0.222 e. The Morgan fingerprint density at radius 2 is 1.84 bits per heavy atom. The lowest BCUT2D eigenvalue weighted by Gasteiger charge is -2.42. The summed E-state index contributed by atoms with van der Waals surface area (Å²) in [5.41, 5.74) is 0. The standard InChI is InChI=1S/C21H38N2O9/c1-3-30-15-9-14(11-24)23(10-15)17(27)7-5-4-6-8-31-21-18(22-13(2)26)20(29)19(28)16(12-25)32-21/h14-16,18-21,24-25,28-29H,3-12H2,1-2H3,(H,22,26)/t14-,15+,16?,18?,19?,20?,21?/m0/s1. The number of ether oxygens (including phenoxy) is 3. The Morgan fingerprint density at radius 3 is 2.47 bits per heavy atom. The van der Waals surface area contributed by atoms with Crippen molar-refractivity contribution in [2.24, 2.45) is 0 Å². The summed E-state index contributed by atoms with van der Waals surface area (Å²) < 4.78 is 16.8. The second kappa shape index (κ2) is 13.4. The predicted molar refractivity (Wildman–Crippen MR) is 112 cm³/mol. The van der Waals surface area contributed by atoms with E-state index in [1.165, 1.54) is 6.92 Å². The highest BCUT2D eigenvalue weighted by Crippen LogP contribution is 2.23. The Balaban J connectivity index is 1.72. The minimum atomic E-state index is -1.35. The minimum absolute atomic E-state index is 0.00333. The first kappa shape index (κ1) is 26.9. The summed E-state index contributed by atoms with van der Waals surface area (Å²) in [5.74, 6) is -0.412. The van der Waals surface area contributed by atoms with Gasteiger partial charge in [-0.3, -0.25) is 9.59 Å². The van der Waals surface area contributed by atoms with Crippen LogP contribution in [0.25, 0.3) is 0 Å². The highest BCUT2D eigenvalue weighted by molar-refractivity contribution is 5.77. The van der Waals surface area contributed by atoms with E-state index in [4.69, 9.17) is 14.2 Å². The summed E-state index contributed by atoms with van der Waals surface area (Å²) in [6.07, 6.45) is -1.75. The Morgan fingerprint density at radius 1 is 1.09 bits per heavy atom. The van der Waals surface area contributed by atoms with Gasteiger partial charge in [0, 0.05) is 33.1 Å². The van der Waals surface area contributed by atoms with Gasteiger partial charge in [-0.05, 0) is 26.2 Å². The zero-order valence-corrected chi connectivity index (χ0v) is 18.9. The molecule has 0 aromatic carbocycles. The maximum Gasteiger partial charge on any atom is 0.222 e. The van der Waals surface area contributed by atoms with Gasteiger partial charge in [0.15, 0.2) is 6.29 Å². The lowest BCUT2D eigenvalue weighted by molar-refractivity contribution is -0.270. The third-order valence-corrected chi connectivity index (χ3v) is 5.88. The first-order valence-corrected chi connectivity index (χ1v) is 11.3. The number of unbranched alkanes of at least 4 members (excludes halogenated alkanes) is 2. The van der Waals surface area contributed by atoms with Gasteiger partial charge >= 0.3 is 0 Å². The number of aliphatic hydroxyl groups excluding tert-OH is 4. The molecule has 2 fully saturated rings. The fraction of sp³-hybridized carbons (Fsp3) is 0.905. The number of amides is 2. The number of likely N-dealkylation sites (tertiary alicyclic amines) is 1. The lowest BCUT2D eigenvalue weighted by atomic mass is 9.97. The Bertz CT molecular complexity index is 594. The SMILES string of the molecule is CCO[C@@H]1C[C@@H](CO)N(C(=O)CCCCCOC2OC(CO)C(O)C(O)C2NC(C)=O)C1. The quantitative estimate of drug-likeness (QED) is 0.218. The molecule has 2 aliphatic heterocycles. The van der Waals surface area contributed by atoms with E-state index in [-0.39, 0.29) is 31.3 Å². The number of carbonyl (C=O) groups excluding carboxylic acids is 2. The van der Waals surface area contributed by atoms with Crippen LogP contribution in [-0.2, 0) is 23.8 Å². The Kier molecular flexibility index (Phi) is 11.3. The first-order valence-electron chi connectivity index (χ1n) is 11.3. The van der Waals surface area contributed by atoms with Crippen molar-refractivity contribution in [1.82, 2.24) is 10.2 Å². The normalized spacial score (nSPS) is 32.8. The van der Waals surface area contributed by atoms with Crippen molar-refractivity contribution in [3.8, 4) is 0 Å². The van der Waals surface area contributed by atoms with Crippen LogP contribution < -0.4 is 5.32 Å². The molecular weight excluding hydrogens is 424 g/mol. The second-order valence-electron chi connectivity index (χ2n) is 8.31. The van der Waals surface area contributed by atoms with Crippen LogP contribution in [0.5, 0.6) is 0 Å². The van der Waals surface area contributed by atoms with Gasteiger partial charge < -0.3 is 44.9 Å². The molecule has 2 aliphatic rings. The lowest BCUT2D eigenvalue weighted by Crippen LogP contribution is -2.64. The summed E-state index contributed by atoms with van der Waals surface area (Å²) in [7, 11) is 0. The van der Waals surface area contributed by atoms with Crippen molar-refractivity contribution < 1.29 is 44.2 Å². The van der Waals surface area contributed by atoms with E-state index >= 15 is 0 Å². The highest BCUT2D eigenvalue weighted by Gasteiger charge is 2.45. The number of hydrogen-bond donors (Lipinski definition) is 5. The van der Waals surface area contributed by atoms with Crippen LogP contribution in [0.1, 0.15) is 46.0 Å². The monoisotopic (exact) mass is 462 g/mol. The number of rotatable bonds is 12. The van der Waals surface area contributed by atoms with Crippen LogP contribution in [0.4, 0.5) is 0 Å². The molecule has 0 spiro atoms. The maximum absolute atomic E-state index is 12.5. The molecule has 0 aromatic rings. The molecule has 0 aliphatic carbocycles. The molecule has 0 bridgehead atoms. The molecule has 7 atom stereocenters. The summed E-state index contributed by atoms with van der Waals surface area (Å²) in [6.45, 7) is 3.95. The van der Waals surface area contributed by atoms with Crippen LogP contribution in [0.15, 0.2) is 0 Å². The van der Waals surface area contributed by atoms with Crippen molar-refractivity contribution in [3.63, 3.8) is 0 Å². The van der Waals surface area contributed by atoms with E-state index in [1.807, 2.05) is 6.92 Å². The van der Waals surface area contributed by atoms with Crippen molar-refractivity contribution in [2.75, 3.05) is 33.0 Å². The molecule has 2 amide bonds. The van der Waals surface area contributed by atoms with Gasteiger partial charge in [0.25, 0.3) is 0 Å². The summed E-state index contributed by atoms with van der Waals surface area (Å²) in [6, 6.07) is -1.16. The van der Waals surface area contributed by atoms with Gasteiger partial charge in [0.2, 0.25) is 11.8 Å². The molecule has 186 valence electrons. The fourth-order valence-corrected chi connectivity index (χ4v) is 4.22. The highest BCUT2D eigenvalue weighted by atomic mass is 16.7. The minimum Gasteiger partial charge on any atom is -0.394 e. The number of carbonyl (C=O) groups is 2. The molecular formula is C21H38N2O9. The largest absolute Gasteiger partial charge is 0.394 e. The van der Waals surface area contributed by atoms with Crippen LogP contribution in [0, 0.1) is 0 Å². The van der Waals surface area contributed by atoms with E-state index in [0.29, 0.717) is 45.3 Å². The van der Waals surface area contributed by atoms with Crippen molar-refractivity contribution >= 4 is 11.8 Å². The van der Waals surface area contributed by atoms with E-state index < -0.39 is 43.2 Å². The number of nitrogens with zero attached hydrogens (tertiary/aromatic N) is 1. The van der Waals surface area contributed by atoms with Crippen LogP contribution in [0.2, 0.25) is 0 Å². The molecule has 11 heteroatoms. The van der Waals surface area contributed by atoms with Gasteiger partial charge in [-0.25, -0.2) is 0 Å². The van der Waals surface area contributed by atoms with Crippen LogP contribution in [-0.4, -0.2) is 113 Å². The zero-order valence-electron chi connectivity index (χ0n) is 18.9. The van der Waals surface area contributed by atoms with E-state index in [0.717, 1.165) is 0 Å². The van der Waals surface area contributed by atoms with E-state index in [1.54, 1.807) is 4.90 Å². The molecule has 5 unspecified atom stereocenters. The van der Waals surface area contributed by atoms with E-state index in [2.05, 4.69) is 5.32 Å². The molecule has 5 N–H and O–H groups in total. The molecule has 0 saturated carbocycles. The summed E-state index contributed by atoms with van der Waals surface area (Å²) >= 11 is 0. The van der Waals surface area contributed by atoms with Crippen molar-refractivity contribution in [3.05, 3.63) is 0 Å². The Labute approximate surface area is 188 Å². The maximum atomic E-state index is 12.5. The molecule has 32 heavy (non-hydrogen) atoms. The molecule has 11 nitrogen and oxygen atoms in total. The van der Waals surface area contributed by atoms with Gasteiger partial charge in [-0.2, -0.15) is 0 Å². The van der Waals surface area contributed by atoms with Gasteiger partial charge in [-0.1, -0.05) is 6.42 Å². The number of hydrogen-bond acceptors (Lipinski definition) is 9. The molecule has 2 saturated heterocycles. The van der Waals surface area contributed by atoms with Crippen LogP contribution >= 0.6 is 0 Å². The van der Waals surface area contributed by atoms with Gasteiger partial charge in [0.05, 0.1) is 25.4 Å². The molecule has 0 radical (unpaired) electrons. The number of nitrogens with one attached hydrogen (secondary N) is 1. The van der Waals surface area contributed by atoms with Crippen LogP contribution in [0.3, 0.4) is 0 Å². The predicted octanol–water partition coefficient (Wildman–Crippen LogP) is -1.49. The zero-order chi connectivity index (χ0) is 23.7. The van der Waals surface area contributed by atoms with Gasteiger partial charge in [0.1, 0.15) is 24.4 Å². The van der Waals surface area contributed by atoms with Crippen molar-refractivity contribution in [1.29, 1.82) is 0 Å². The molecule has 0 aromatic heterocycles. The topological polar surface area (TPSA) is 158 Å². The van der Waals surface area contributed by atoms with Crippen molar-refractivity contribution in [2.45, 2.75) is 88.7 Å². The third-order valence-electron chi connectivity index (χ3n) is 5.88.